The largest absolute Gasteiger partial charge is 0.384 e. The lowest BCUT2D eigenvalue weighted by Gasteiger charge is -2.08. The van der Waals surface area contributed by atoms with Gasteiger partial charge in [-0.15, -0.1) is 0 Å². The van der Waals surface area contributed by atoms with Gasteiger partial charge in [-0.1, -0.05) is 0 Å². The Balaban J connectivity index is 2.14. The second-order valence-corrected chi connectivity index (χ2v) is 5.00. The number of hydrogen-bond donors (Lipinski definition) is 1. The SMILES string of the molecule is CCNc1cncc(-n2cnc3cc(C)c(C)cc32)c1. The average molecular weight is 266 g/mol. The first kappa shape index (κ1) is 12.7. The van der Waals surface area contributed by atoms with Gasteiger partial charge in [0.05, 0.1) is 34.8 Å². The third-order valence-corrected chi connectivity index (χ3v) is 3.55. The number of aryl methyl sites for hydroxylation is 2. The molecule has 102 valence electrons. The Morgan fingerprint density at radius 2 is 1.90 bits per heavy atom. The zero-order valence-electron chi connectivity index (χ0n) is 12.0. The molecule has 0 bridgehead atoms. The van der Waals surface area contributed by atoms with Crippen LogP contribution < -0.4 is 5.32 Å². The molecule has 20 heavy (non-hydrogen) atoms. The van der Waals surface area contributed by atoms with Gasteiger partial charge in [0.2, 0.25) is 0 Å². The van der Waals surface area contributed by atoms with Gasteiger partial charge in [0.1, 0.15) is 6.33 Å². The van der Waals surface area contributed by atoms with Crippen molar-refractivity contribution in [3.05, 3.63) is 48.0 Å². The molecule has 0 saturated heterocycles. The van der Waals surface area contributed by atoms with Gasteiger partial charge < -0.3 is 5.32 Å². The van der Waals surface area contributed by atoms with E-state index >= 15 is 0 Å². The lowest BCUT2D eigenvalue weighted by atomic mass is 10.1. The molecule has 0 spiro atoms. The highest BCUT2D eigenvalue weighted by Crippen LogP contribution is 2.22. The number of pyridine rings is 1. The molecule has 0 unspecified atom stereocenters. The van der Waals surface area contributed by atoms with Crippen LogP contribution in [0.4, 0.5) is 5.69 Å². The zero-order chi connectivity index (χ0) is 14.1. The second kappa shape index (κ2) is 4.96. The maximum atomic E-state index is 4.49. The van der Waals surface area contributed by atoms with Crippen molar-refractivity contribution in [3.63, 3.8) is 0 Å². The van der Waals surface area contributed by atoms with Crippen LogP contribution in [0.3, 0.4) is 0 Å². The summed E-state index contributed by atoms with van der Waals surface area (Å²) in [6.07, 6.45) is 5.55. The van der Waals surface area contributed by atoms with E-state index in [0.29, 0.717) is 0 Å². The number of anilines is 1. The molecule has 1 aromatic carbocycles. The lowest BCUT2D eigenvalue weighted by molar-refractivity contribution is 1.06. The summed E-state index contributed by atoms with van der Waals surface area (Å²) in [7, 11) is 0. The van der Waals surface area contributed by atoms with Crippen LogP contribution >= 0.6 is 0 Å². The summed E-state index contributed by atoms with van der Waals surface area (Å²) >= 11 is 0. The van der Waals surface area contributed by atoms with E-state index < -0.39 is 0 Å². The fourth-order valence-electron chi connectivity index (χ4n) is 2.33. The van der Waals surface area contributed by atoms with Crippen LogP contribution in [0.15, 0.2) is 36.9 Å². The molecule has 3 aromatic rings. The maximum Gasteiger partial charge on any atom is 0.100 e. The molecule has 2 heterocycles. The molecule has 0 atom stereocenters. The first-order valence-electron chi connectivity index (χ1n) is 6.82. The van der Waals surface area contributed by atoms with E-state index in [1.54, 1.807) is 0 Å². The predicted molar refractivity (Wildman–Crippen MR) is 82.5 cm³/mol. The summed E-state index contributed by atoms with van der Waals surface area (Å²) in [5, 5.41) is 3.28. The summed E-state index contributed by atoms with van der Waals surface area (Å²) < 4.78 is 2.08. The summed E-state index contributed by atoms with van der Waals surface area (Å²) in [5.74, 6) is 0. The van der Waals surface area contributed by atoms with Crippen LogP contribution in [0.1, 0.15) is 18.1 Å². The van der Waals surface area contributed by atoms with Crippen molar-refractivity contribution in [2.45, 2.75) is 20.8 Å². The zero-order valence-corrected chi connectivity index (χ0v) is 12.0. The van der Waals surface area contributed by atoms with Gasteiger partial charge in [0, 0.05) is 6.54 Å². The number of rotatable bonds is 3. The van der Waals surface area contributed by atoms with Crippen LogP contribution in [0.25, 0.3) is 16.7 Å². The Morgan fingerprint density at radius 1 is 1.10 bits per heavy atom. The molecular weight excluding hydrogens is 248 g/mol. The average Bonchev–Trinajstić information content (AvgIpc) is 2.83. The molecule has 4 nitrogen and oxygen atoms in total. The monoisotopic (exact) mass is 266 g/mol. The molecule has 2 aromatic heterocycles. The molecule has 0 saturated carbocycles. The fourth-order valence-corrected chi connectivity index (χ4v) is 2.33. The Hall–Kier alpha value is -2.36. The van der Waals surface area contributed by atoms with E-state index in [1.165, 1.54) is 11.1 Å². The van der Waals surface area contributed by atoms with Gasteiger partial charge in [-0.2, -0.15) is 0 Å². The normalized spacial score (nSPS) is 10.9. The van der Waals surface area contributed by atoms with Gasteiger partial charge in [0.25, 0.3) is 0 Å². The van der Waals surface area contributed by atoms with Crippen LogP contribution in [0.5, 0.6) is 0 Å². The van der Waals surface area contributed by atoms with E-state index in [9.17, 15) is 0 Å². The Kier molecular flexibility index (Phi) is 3.14. The van der Waals surface area contributed by atoms with Gasteiger partial charge in [-0.05, 0) is 50.1 Å². The third-order valence-electron chi connectivity index (χ3n) is 3.55. The number of hydrogen-bond acceptors (Lipinski definition) is 3. The molecule has 0 fully saturated rings. The fraction of sp³-hybridized carbons (Fsp3) is 0.250. The lowest BCUT2D eigenvalue weighted by Crippen LogP contribution is -2.00. The van der Waals surface area contributed by atoms with E-state index in [2.05, 4.69) is 58.8 Å². The maximum absolute atomic E-state index is 4.49. The van der Waals surface area contributed by atoms with Gasteiger partial charge >= 0.3 is 0 Å². The van der Waals surface area contributed by atoms with Crippen LogP contribution in [0.2, 0.25) is 0 Å². The minimum absolute atomic E-state index is 0.883. The van der Waals surface area contributed by atoms with Gasteiger partial charge in [0.15, 0.2) is 0 Å². The minimum Gasteiger partial charge on any atom is -0.384 e. The summed E-state index contributed by atoms with van der Waals surface area (Å²) in [6, 6.07) is 6.40. The van der Waals surface area contributed by atoms with Crippen molar-refractivity contribution in [3.8, 4) is 5.69 Å². The molecule has 4 heteroatoms. The number of nitrogens with zero attached hydrogens (tertiary/aromatic N) is 3. The third kappa shape index (κ3) is 2.13. The van der Waals surface area contributed by atoms with Crippen LogP contribution in [-0.4, -0.2) is 21.1 Å². The first-order valence-corrected chi connectivity index (χ1v) is 6.82. The number of fused-ring (bicyclic) bond motifs is 1. The predicted octanol–water partition coefficient (Wildman–Crippen LogP) is 3.47. The molecule has 1 N–H and O–H groups in total. The second-order valence-electron chi connectivity index (χ2n) is 5.00. The van der Waals surface area contributed by atoms with Crippen molar-refractivity contribution in [2.24, 2.45) is 0 Å². The highest BCUT2D eigenvalue weighted by Gasteiger charge is 2.07. The Labute approximate surface area is 118 Å². The molecule has 0 amide bonds. The number of benzene rings is 1. The molecule has 0 aliphatic rings. The van der Waals surface area contributed by atoms with Crippen molar-refractivity contribution in [1.82, 2.24) is 14.5 Å². The van der Waals surface area contributed by atoms with Crippen molar-refractivity contribution in [1.29, 1.82) is 0 Å². The number of nitrogens with one attached hydrogen (secondary N) is 1. The van der Waals surface area contributed by atoms with E-state index in [4.69, 9.17) is 0 Å². The highest BCUT2D eigenvalue weighted by atomic mass is 15.1. The molecule has 0 aliphatic carbocycles. The Bertz CT molecular complexity index is 758. The van der Waals surface area contributed by atoms with E-state index in [-0.39, 0.29) is 0 Å². The molecule has 3 rings (SSSR count). The molecular formula is C16H18N4. The smallest absolute Gasteiger partial charge is 0.100 e. The van der Waals surface area contributed by atoms with Crippen LogP contribution in [0, 0.1) is 13.8 Å². The van der Waals surface area contributed by atoms with Gasteiger partial charge in [-0.3, -0.25) is 9.55 Å². The van der Waals surface area contributed by atoms with Crippen molar-refractivity contribution < 1.29 is 0 Å². The molecule has 0 radical (unpaired) electrons. The number of imidazole rings is 1. The minimum atomic E-state index is 0.883. The summed E-state index contributed by atoms with van der Waals surface area (Å²) in [4.78, 5) is 8.78. The first-order chi connectivity index (χ1) is 9.69. The standard InChI is InChI=1S/C16H18N4/c1-4-18-13-7-14(9-17-8-13)20-10-19-15-5-11(2)12(3)6-16(15)20/h5-10,18H,4H2,1-3H3. The topological polar surface area (TPSA) is 42.7 Å². The van der Waals surface area contributed by atoms with E-state index in [1.807, 2.05) is 18.7 Å². The number of aromatic nitrogens is 3. The highest BCUT2D eigenvalue weighted by molar-refractivity contribution is 5.79. The molecule has 0 aliphatic heterocycles. The summed E-state index contributed by atoms with van der Waals surface area (Å²) in [6.45, 7) is 7.19. The Morgan fingerprint density at radius 3 is 2.70 bits per heavy atom. The van der Waals surface area contributed by atoms with E-state index in [0.717, 1.165) is 29.0 Å². The van der Waals surface area contributed by atoms with Gasteiger partial charge in [-0.25, -0.2) is 4.98 Å². The van der Waals surface area contributed by atoms with Crippen molar-refractivity contribution >= 4 is 16.7 Å². The summed E-state index contributed by atoms with van der Waals surface area (Å²) in [5.41, 5.74) is 6.72. The van der Waals surface area contributed by atoms with Crippen molar-refractivity contribution in [2.75, 3.05) is 11.9 Å². The quantitative estimate of drug-likeness (QED) is 0.789. The van der Waals surface area contributed by atoms with Crippen LogP contribution in [-0.2, 0) is 0 Å².